The number of fused-ring (bicyclic) bond motifs is 1. The van der Waals surface area contributed by atoms with E-state index in [-0.39, 0.29) is 5.91 Å². The summed E-state index contributed by atoms with van der Waals surface area (Å²) in [4.78, 5) is 25.4. The average molecular weight is 326 g/mol. The lowest BCUT2D eigenvalue weighted by atomic mass is 10.0. The first-order valence-corrected chi connectivity index (χ1v) is 8.54. The highest BCUT2D eigenvalue weighted by Crippen LogP contribution is 2.30. The monoisotopic (exact) mass is 326 g/mol. The summed E-state index contributed by atoms with van der Waals surface area (Å²) < 4.78 is 0. The molecule has 0 radical (unpaired) electrons. The molecule has 118 valence electrons. The van der Waals surface area contributed by atoms with Crippen LogP contribution in [0.4, 0.5) is 0 Å². The number of nitrogens with one attached hydrogen (secondary N) is 1. The van der Waals surface area contributed by atoms with Crippen molar-refractivity contribution in [3.63, 3.8) is 0 Å². The summed E-state index contributed by atoms with van der Waals surface area (Å²) in [6.45, 7) is 0. The fourth-order valence-corrected chi connectivity index (χ4v) is 3.70. The number of aryl methyl sites for hydroxylation is 1. The molecule has 3 N–H and O–H groups in total. The summed E-state index contributed by atoms with van der Waals surface area (Å²) in [6, 6.07) is 13.9. The first-order valence-electron chi connectivity index (χ1n) is 7.56. The van der Waals surface area contributed by atoms with Crippen LogP contribution in [-0.4, -0.2) is 17.6 Å². The minimum absolute atomic E-state index is 0.281. The molecule has 0 aromatic heterocycles. The summed E-state index contributed by atoms with van der Waals surface area (Å²) in [6.07, 6.45) is 2.11. The van der Waals surface area contributed by atoms with Crippen LogP contribution in [0.15, 0.2) is 53.4 Å². The Bertz CT molecular complexity index is 731. The number of rotatable bonds is 4. The molecule has 1 aliphatic rings. The van der Waals surface area contributed by atoms with Crippen LogP contribution >= 0.6 is 11.8 Å². The number of nitrogens with two attached hydrogens (primary N) is 1. The topological polar surface area (TPSA) is 72.2 Å². The molecule has 23 heavy (non-hydrogen) atoms. The second-order valence-electron chi connectivity index (χ2n) is 5.49. The summed E-state index contributed by atoms with van der Waals surface area (Å²) in [7, 11) is 0. The lowest BCUT2D eigenvalue weighted by Gasteiger charge is -2.18. The largest absolute Gasteiger partial charge is 0.368 e. The molecule has 0 bridgehead atoms. The van der Waals surface area contributed by atoms with Crippen molar-refractivity contribution in [1.29, 1.82) is 0 Å². The van der Waals surface area contributed by atoms with Crippen molar-refractivity contribution in [3.05, 3.63) is 65.2 Å². The van der Waals surface area contributed by atoms with Gasteiger partial charge in [-0.3, -0.25) is 9.59 Å². The van der Waals surface area contributed by atoms with Gasteiger partial charge < -0.3 is 11.1 Å². The van der Waals surface area contributed by atoms with Crippen molar-refractivity contribution in [3.8, 4) is 0 Å². The van der Waals surface area contributed by atoms with E-state index < -0.39 is 11.9 Å². The van der Waals surface area contributed by atoms with Crippen LogP contribution in [0.25, 0.3) is 0 Å². The standard InChI is InChI=1S/C18H18N2O2S/c19-17(21)16(12-5-2-1-3-6-12)20-18(22)14-8-9-15-13(11-14)7-4-10-23-15/h1-3,5-6,8-9,11,16H,4,7,10H2,(H2,19,21)(H,20,22). The first kappa shape index (κ1) is 15.6. The summed E-state index contributed by atoms with van der Waals surface area (Å²) in [5.41, 5.74) is 7.89. The summed E-state index contributed by atoms with van der Waals surface area (Å²) in [5.74, 6) is 0.269. The maximum atomic E-state index is 12.5. The number of carbonyl (C=O) groups is 2. The SMILES string of the molecule is NC(=O)C(NC(=O)c1ccc2c(c1)CCCS2)c1ccccc1. The van der Waals surface area contributed by atoms with E-state index in [1.807, 2.05) is 42.1 Å². The molecule has 0 aliphatic carbocycles. The fourth-order valence-electron chi connectivity index (χ4n) is 2.68. The van der Waals surface area contributed by atoms with Crippen LogP contribution in [0.5, 0.6) is 0 Å². The normalized spacial score (nSPS) is 14.6. The van der Waals surface area contributed by atoms with Crippen molar-refractivity contribution in [1.82, 2.24) is 5.32 Å². The number of benzene rings is 2. The molecule has 0 fully saturated rings. The van der Waals surface area contributed by atoms with Crippen molar-refractivity contribution >= 4 is 23.6 Å². The van der Waals surface area contributed by atoms with E-state index in [1.54, 1.807) is 18.2 Å². The van der Waals surface area contributed by atoms with E-state index in [1.165, 1.54) is 10.5 Å². The maximum absolute atomic E-state index is 12.5. The van der Waals surface area contributed by atoms with Gasteiger partial charge in [-0.25, -0.2) is 0 Å². The van der Waals surface area contributed by atoms with Gasteiger partial charge in [0.15, 0.2) is 0 Å². The zero-order chi connectivity index (χ0) is 16.2. The molecule has 2 aromatic carbocycles. The molecule has 1 atom stereocenters. The van der Waals surface area contributed by atoms with Gasteiger partial charge in [0.05, 0.1) is 0 Å². The highest BCUT2D eigenvalue weighted by atomic mass is 32.2. The van der Waals surface area contributed by atoms with Crippen LogP contribution in [0.2, 0.25) is 0 Å². The summed E-state index contributed by atoms with van der Waals surface area (Å²) >= 11 is 1.82. The smallest absolute Gasteiger partial charge is 0.252 e. The van der Waals surface area contributed by atoms with Gasteiger partial charge in [0.1, 0.15) is 6.04 Å². The van der Waals surface area contributed by atoms with E-state index >= 15 is 0 Å². The van der Waals surface area contributed by atoms with Gasteiger partial charge in [0.25, 0.3) is 5.91 Å². The van der Waals surface area contributed by atoms with Gasteiger partial charge in [0, 0.05) is 10.5 Å². The Morgan fingerprint density at radius 2 is 1.91 bits per heavy atom. The minimum Gasteiger partial charge on any atom is -0.368 e. The molecule has 2 amide bonds. The number of hydrogen-bond acceptors (Lipinski definition) is 3. The number of carbonyl (C=O) groups excluding carboxylic acids is 2. The minimum atomic E-state index is -0.825. The molecule has 0 saturated carbocycles. The Morgan fingerprint density at radius 3 is 2.65 bits per heavy atom. The second-order valence-corrected chi connectivity index (χ2v) is 6.63. The first-order chi connectivity index (χ1) is 11.1. The zero-order valence-corrected chi connectivity index (χ0v) is 13.4. The molecule has 1 heterocycles. The molecule has 4 nitrogen and oxygen atoms in total. The molecule has 5 heteroatoms. The van der Waals surface area contributed by atoms with Gasteiger partial charge >= 0.3 is 0 Å². The fraction of sp³-hybridized carbons (Fsp3) is 0.222. The number of amides is 2. The number of thioether (sulfide) groups is 1. The highest BCUT2D eigenvalue weighted by Gasteiger charge is 2.21. The van der Waals surface area contributed by atoms with E-state index in [4.69, 9.17) is 5.73 Å². The van der Waals surface area contributed by atoms with Crippen molar-refractivity contribution in [2.75, 3.05) is 5.75 Å². The Kier molecular flexibility index (Phi) is 4.67. The third-order valence-electron chi connectivity index (χ3n) is 3.86. The lowest BCUT2D eigenvalue weighted by Crippen LogP contribution is -2.37. The van der Waals surface area contributed by atoms with E-state index in [2.05, 4.69) is 5.32 Å². The third kappa shape index (κ3) is 3.56. The lowest BCUT2D eigenvalue weighted by molar-refractivity contribution is -0.120. The van der Waals surface area contributed by atoms with Crippen molar-refractivity contribution in [2.45, 2.75) is 23.8 Å². The molecule has 0 saturated heterocycles. The van der Waals surface area contributed by atoms with Gasteiger partial charge in [-0.2, -0.15) is 0 Å². The average Bonchev–Trinajstić information content (AvgIpc) is 2.59. The van der Waals surface area contributed by atoms with Crippen LogP contribution in [0.3, 0.4) is 0 Å². The van der Waals surface area contributed by atoms with Crippen LogP contribution in [0, 0.1) is 0 Å². The molecule has 1 unspecified atom stereocenters. The Labute approximate surface area is 139 Å². The van der Waals surface area contributed by atoms with Gasteiger partial charge in [-0.05, 0) is 47.9 Å². The summed E-state index contributed by atoms with van der Waals surface area (Å²) in [5, 5.41) is 2.74. The molecule has 1 aliphatic heterocycles. The number of hydrogen-bond donors (Lipinski definition) is 2. The highest BCUT2D eigenvalue weighted by molar-refractivity contribution is 7.99. The van der Waals surface area contributed by atoms with E-state index in [9.17, 15) is 9.59 Å². The van der Waals surface area contributed by atoms with Crippen LogP contribution in [0.1, 0.15) is 33.9 Å². The Morgan fingerprint density at radius 1 is 1.13 bits per heavy atom. The molecule has 0 spiro atoms. The second kappa shape index (κ2) is 6.87. The predicted molar refractivity (Wildman–Crippen MR) is 91.3 cm³/mol. The quantitative estimate of drug-likeness (QED) is 0.907. The predicted octanol–water partition coefficient (Wildman–Crippen LogP) is 2.68. The van der Waals surface area contributed by atoms with Gasteiger partial charge in [-0.15, -0.1) is 11.8 Å². The molecular weight excluding hydrogens is 308 g/mol. The van der Waals surface area contributed by atoms with Crippen LogP contribution in [-0.2, 0) is 11.2 Å². The van der Waals surface area contributed by atoms with Crippen molar-refractivity contribution < 1.29 is 9.59 Å². The molecule has 3 rings (SSSR count). The van der Waals surface area contributed by atoms with Crippen molar-refractivity contribution in [2.24, 2.45) is 5.73 Å². The number of primary amides is 1. The third-order valence-corrected chi connectivity index (χ3v) is 5.07. The van der Waals surface area contributed by atoms with E-state index in [0.29, 0.717) is 11.1 Å². The van der Waals surface area contributed by atoms with Gasteiger partial charge in [0.2, 0.25) is 5.91 Å². The van der Waals surface area contributed by atoms with Crippen LogP contribution < -0.4 is 11.1 Å². The molecular formula is C18H18N2O2S. The van der Waals surface area contributed by atoms with E-state index in [0.717, 1.165) is 18.6 Å². The molecule has 2 aromatic rings. The Balaban J connectivity index is 1.81. The zero-order valence-electron chi connectivity index (χ0n) is 12.6. The Hall–Kier alpha value is -2.27. The van der Waals surface area contributed by atoms with Gasteiger partial charge in [-0.1, -0.05) is 30.3 Å². The maximum Gasteiger partial charge on any atom is 0.252 e.